The number of hydrogen-bond acceptors (Lipinski definition) is 5. The number of aromatic nitrogens is 1. The fourth-order valence-corrected chi connectivity index (χ4v) is 3.62. The number of rotatable bonds is 2. The van der Waals surface area contributed by atoms with E-state index in [1.807, 2.05) is 36.4 Å². The van der Waals surface area contributed by atoms with Crippen LogP contribution in [0.5, 0.6) is 0 Å². The van der Waals surface area contributed by atoms with Crippen LogP contribution in [0.25, 0.3) is 16.5 Å². The first kappa shape index (κ1) is 20.3. The number of hydrogen-bond donors (Lipinski definition) is 2. The van der Waals surface area contributed by atoms with E-state index in [-0.39, 0.29) is 5.56 Å². The van der Waals surface area contributed by atoms with Crippen LogP contribution < -0.4 is 16.6 Å². The Bertz CT molecular complexity index is 1380. The van der Waals surface area contributed by atoms with Gasteiger partial charge in [0.25, 0.3) is 17.2 Å². The molecule has 3 aromatic rings. The molecule has 31 heavy (non-hydrogen) atoms. The van der Waals surface area contributed by atoms with E-state index in [9.17, 15) is 19.2 Å². The van der Waals surface area contributed by atoms with Gasteiger partial charge in [-0.2, -0.15) is 0 Å². The minimum atomic E-state index is -1.62. The molecule has 1 aliphatic heterocycles. The number of Topliss-reactive ketones (excluding diaryl/α,β-unsaturated/α-hetero) is 2. The molecule has 2 aromatic carbocycles. The Morgan fingerprint density at radius 3 is 2.35 bits per heavy atom. The Kier molecular flexibility index (Phi) is 4.80. The highest BCUT2D eigenvalue weighted by Crippen LogP contribution is 2.22. The quantitative estimate of drug-likeness (QED) is 0.487. The third-order valence-corrected chi connectivity index (χ3v) is 5.23. The van der Waals surface area contributed by atoms with Crippen molar-refractivity contribution in [2.45, 2.75) is 25.4 Å². The number of pyridine rings is 1. The third kappa shape index (κ3) is 3.33. The SMILES string of the molecule is C[C@H](N)c1cc2cccc(C#CC3(C)NC(=O)C(=O)C3=O)c2c(=O)n1-c1ccccc1. The van der Waals surface area contributed by atoms with Gasteiger partial charge >= 0.3 is 0 Å². The summed E-state index contributed by atoms with van der Waals surface area (Å²) in [5.74, 6) is 2.49. The Morgan fingerprint density at radius 2 is 1.74 bits per heavy atom. The number of nitrogens with two attached hydrogens (primary N) is 1. The van der Waals surface area contributed by atoms with Crippen molar-refractivity contribution in [3.63, 3.8) is 0 Å². The van der Waals surface area contributed by atoms with Crippen LogP contribution >= 0.6 is 0 Å². The first-order valence-electron chi connectivity index (χ1n) is 9.67. The number of nitrogens with zero attached hydrogens (tertiary/aromatic N) is 1. The van der Waals surface area contributed by atoms with Gasteiger partial charge in [0.15, 0.2) is 5.54 Å². The molecule has 1 unspecified atom stereocenters. The molecule has 154 valence electrons. The summed E-state index contributed by atoms with van der Waals surface area (Å²) in [5.41, 5.74) is 5.92. The summed E-state index contributed by atoms with van der Waals surface area (Å²) < 4.78 is 1.55. The second-order valence-electron chi connectivity index (χ2n) is 7.59. The van der Waals surface area contributed by atoms with Crippen molar-refractivity contribution in [2.24, 2.45) is 5.73 Å². The van der Waals surface area contributed by atoms with Gasteiger partial charge in [0.1, 0.15) is 0 Å². The molecule has 7 heteroatoms. The van der Waals surface area contributed by atoms with E-state index in [0.29, 0.717) is 27.7 Å². The number of carbonyl (C=O) groups is 3. The average Bonchev–Trinajstić information content (AvgIpc) is 2.95. The van der Waals surface area contributed by atoms with E-state index in [1.165, 1.54) is 6.92 Å². The molecule has 2 atom stereocenters. The lowest BCUT2D eigenvalue weighted by molar-refractivity contribution is -0.140. The highest BCUT2D eigenvalue weighted by Gasteiger charge is 2.48. The van der Waals surface area contributed by atoms with Crippen LogP contribution in [0.1, 0.15) is 31.1 Å². The predicted octanol–water partition coefficient (Wildman–Crippen LogP) is 1.39. The molecule has 1 fully saturated rings. The van der Waals surface area contributed by atoms with E-state index in [4.69, 9.17) is 5.73 Å². The zero-order valence-corrected chi connectivity index (χ0v) is 16.9. The number of para-hydroxylation sites is 1. The second-order valence-corrected chi connectivity index (χ2v) is 7.59. The zero-order valence-electron chi connectivity index (χ0n) is 16.9. The molecule has 1 aliphatic rings. The molecule has 0 saturated carbocycles. The molecule has 2 heterocycles. The van der Waals surface area contributed by atoms with Crippen LogP contribution in [0.2, 0.25) is 0 Å². The Labute approximate surface area is 177 Å². The van der Waals surface area contributed by atoms with Gasteiger partial charge in [-0.1, -0.05) is 42.2 Å². The molecule has 0 bridgehead atoms. The lowest BCUT2D eigenvalue weighted by Gasteiger charge is -2.18. The molecule has 0 aliphatic carbocycles. The Balaban J connectivity index is 1.96. The number of carbonyl (C=O) groups excluding carboxylic acids is 3. The summed E-state index contributed by atoms with van der Waals surface area (Å²) in [6.07, 6.45) is 0. The summed E-state index contributed by atoms with van der Waals surface area (Å²) >= 11 is 0. The summed E-state index contributed by atoms with van der Waals surface area (Å²) in [5, 5.41) is 3.32. The van der Waals surface area contributed by atoms with Crippen molar-refractivity contribution in [1.82, 2.24) is 9.88 Å². The number of nitrogens with one attached hydrogen (secondary N) is 1. The third-order valence-electron chi connectivity index (χ3n) is 5.23. The van der Waals surface area contributed by atoms with Crippen LogP contribution in [-0.4, -0.2) is 27.6 Å². The predicted molar refractivity (Wildman–Crippen MR) is 116 cm³/mol. The molecular formula is C24H19N3O4. The molecular weight excluding hydrogens is 394 g/mol. The molecule has 1 saturated heterocycles. The second kappa shape index (κ2) is 7.35. The molecule has 1 aromatic heterocycles. The maximum Gasteiger partial charge on any atom is 0.297 e. The fourth-order valence-electron chi connectivity index (χ4n) is 3.62. The smallest absolute Gasteiger partial charge is 0.297 e. The van der Waals surface area contributed by atoms with E-state index in [0.717, 1.165) is 0 Å². The van der Waals surface area contributed by atoms with Gasteiger partial charge in [-0.25, -0.2) is 0 Å². The maximum absolute atomic E-state index is 13.6. The summed E-state index contributed by atoms with van der Waals surface area (Å²) in [6, 6.07) is 15.8. The van der Waals surface area contributed by atoms with Crippen molar-refractivity contribution < 1.29 is 14.4 Å². The standard InChI is InChI=1S/C24H19N3O4/c1-14(25)18-13-16-8-6-7-15(11-12-24(2)21(29)20(28)22(30)26-24)19(16)23(31)27(18)17-9-4-3-5-10-17/h3-10,13-14H,25H2,1-2H3,(H,26,30)/t14-,24?/m0/s1. The largest absolute Gasteiger partial charge is 0.326 e. The average molecular weight is 413 g/mol. The lowest BCUT2D eigenvalue weighted by Crippen LogP contribution is -2.42. The molecule has 0 spiro atoms. The minimum Gasteiger partial charge on any atom is -0.326 e. The van der Waals surface area contributed by atoms with Crippen molar-refractivity contribution >= 4 is 28.2 Å². The summed E-state index contributed by atoms with van der Waals surface area (Å²) in [6.45, 7) is 3.17. The normalized spacial score (nSPS) is 19.1. The summed E-state index contributed by atoms with van der Waals surface area (Å²) in [4.78, 5) is 48.9. The van der Waals surface area contributed by atoms with E-state index >= 15 is 0 Å². The van der Waals surface area contributed by atoms with Crippen LogP contribution in [0.3, 0.4) is 0 Å². The number of amides is 1. The lowest BCUT2D eigenvalue weighted by atomic mass is 9.97. The highest BCUT2D eigenvalue weighted by atomic mass is 16.2. The van der Waals surface area contributed by atoms with Crippen molar-refractivity contribution in [2.75, 3.05) is 0 Å². The molecule has 0 radical (unpaired) electrons. The molecule has 1 amide bonds. The summed E-state index contributed by atoms with van der Waals surface area (Å²) in [7, 11) is 0. The van der Waals surface area contributed by atoms with Crippen LogP contribution in [-0.2, 0) is 14.4 Å². The van der Waals surface area contributed by atoms with Gasteiger partial charge < -0.3 is 11.1 Å². The monoisotopic (exact) mass is 413 g/mol. The Morgan fingerprint density at radius 1 is 1.03 bits per heavy atom. The van der Waals surface area contributed by atoms with Crippen molar-refractivity contribution in [3.05, 3.63) is 76.2 Å². The number of fused-ring (bicyclic) bond motifs is 1. The number of ketones is 2. The fraction of sp³-hybridized carbons (Fsp3) is 0.167. The first-order valence-corrected chi connectivity index (χ1v) is 9.67. The van der Waals surface area contributed by atoms with E-state index < -0.39 is 29.1 Å². The van der Waals surface area contributed by atoms with Crippen molar-refractivity contribution in [1.29, 1.82) is 0 Å². The van der Waals surface area contributed by atoms with Gasteiger partial charge in [0, 0.05) is 23.0 Å². The van der Waals surface area contributed by atoms with Gasteiger partial charge in [0.05, 0.1) is 5.39 Å². The molecule has 7 nitrogen and oxygen atoms in total. The Hall–Kier alpha value is -4.02. The van der Waals surface area contributed by atoms with Crippen LogP contribution in [0.15, 0.2) is 59.4 Å². The highest BCUT2D eigenvalue weighted by molar-refractivity contribution is 6.69. The van der Waals surface area contributed by atoms with Crippen LogP contribution in [0.4, 0.5) is 0 Å². The topological polar surface area (TPSA) is 111 Å². The van der Waals surface area contributed by atoms with Gasteiger partial charge in [-0.15, -0.1) is 0 Å². The number of benzene rings is 2. The zero-order chi connectivity index (χ0) is 22.3. The molecule has 4 rings (SSSR count). The molecule has 3 N–H and O–H groups in total. The van der Waals surface area contributed by atoms with Crippen molar-refractivity contribution in [3.8, 4) is 17.5 Å². The minimum absolute atomic E-state index is 0.302. The van der Waals surface area contributed by atoms with Gasteiger partial charge in [-0.3, -0.25) is 23.7 Å². The van der Waals surface area contributed by atoms with E-state index in [1.54, 1.807) is 29.7 Å². The first-order chi connectivity index (χ1) is 14.7. The van der Waals surface area contributed by atoms with E-state index in [2.05, 4.69) is 17.2 Å². The van der Waals surface area contributed by atoms with Crippen LogP contribution in [0, 0.1) is 11.8 Å². The van der Waals surface area contributed by atoms with Gasteiger partial charge in [0.2, 0.25) is 5.78 Å². The van der Waals surface area contributed by atoms with Gasteiger partial charge in [-0.05, 0) is 43.5 Å². The maximum atomic E-state index is 13.6.